The molecule has 3 saturated heterocycles. The molecule has 242 valence electrons. The number of halogens is 2. The van der Waals surface area contributed by atoms with E-state index in [0.717, 1.165) is 28.1 Å². The number of nitrogens with one attached hydrogen (secondary N) is 2. The average Bonchev–Trinajstić information content (AvgIpc) is 3.72. The van der Waals surface area contributed by atoms with Crippen LogP contribution in [-0.2, 0) is 51.2 Å². The lowest BCUT2D eigenvalue weighted by molar-refractivity contribution is -0.0599. The largest absolute Gasteiger partial charge is 0.369 e. The Morgan fingerprint density at radius 3 is 2.18 bits per heavy atom. The number of aromatic nitrogens is 8. The van der Waals surface area contributed by atoms with E-state index < -0.39 is 87.0 Å². The summed E-state index contributed by atoms with van der Waals surface area (Å²) < 4.78 is 67.6. The van der Waals surface area contributed by atoms with Crippen molar-refractivity contribution in [2.75, 3.05) is 18.9 Å². The van der Waals surface area contributed by atoms with Crippen molar-refractivity contribution in [3.8, 4) is 0 Å². The Balaban J connectivity index is 1.21. The van der Waals surface area contributed by atoms with E-state index in [2.05, 4.69) is 29.9 Å². The van der Waals surface area contributed by atoms with Crippen LogP contribution in [0.3, 0.4) is 0 Å². The Bertz CT molecular complexity index is 2010. The Morgan fingerprint density at radius 1 is 0.867 bits per heavy atom. The summed E-state index contributed by atoms with van der Waals surface area (Å²) in [6.07, 6.45) is -10.1. The van der Waals surface area contributed by atoms with Crippen molar-refractivity contribution < 1.29 is 46.1 Å². The zero-order valence-corrected chi connectivity index (χ0v) is 25.6. The van der Waals surface area contributed by atoms with Gasteiger partial charge in [-0.05, 0) is 23.6 Å². The average molecular weight is 712 g/mol. The molecule has 0 spiro atoms. The van der Waals surface area contributed by atoms with Crippen LogP contribution in [0.2, 0.25) is 0 Å². The van der Waals surface area contributed by atoms with Crippen molar-refractivity contribution in [1.82, 2.24) is 39.0 Å². The highest BCUT2D eigenvalue weighted by molar-refractivity contribution is 8.07. The lowest BCUT2D eigenvalue weighted by Gasteiger charge is -2.27. The lowest BCUT2D eigenvalue weighted by atomic mass is 10.1. The standard InChI is InChI=1S/C20H21F2N9O10P2S2/c21-8-6-1-36-42(34,44)40-12-7(39-18(9(12)22)30-4-26-10-14(30)24-3-25-16(10)32)2-37-43(35,45)41-13(8)19(38-6)31-5-27-11-15(31)28-20(23)29-17(11)33/h3-9,12-13,18-19H,1-2H2,(H,34,44)(H,35,45)(H,24,25,32)(H3,23,28,29,33)/t6-,7-,8-,9+,12-,13-,18-,19-,42?,43?/m1/s1. The van der Waals surface area contributed by atoms with Gasteiger partial charge in [0.25, 0.3) is 11.1 Å². The van der Waals surface area contributed by atoms with Crippen LogP contribution >= 0.6 is 13.4 Å². The molecule has 3 fully saturated rings. The Hall–Kier alpha value is -2.66. The SMILES string of the molecule is Nc1nc2c(ncn2[C@@H]2O[C@@H]3COP(O)(=S)O[C@H]4[C@H](F)[C@H](n5cnc6c(=O)[nH]cnc65)O[C@@H]4COP(O)(=S)O[C@@H]2[C@@H]3F)c(=O)[nH]1. The maximum absolute atomic E-state index is 16.0. The monoisotopic (exact) mass is 711 g/mol. The van der Waals surface area contributed by atoms with Crippen LogP contribution < -0.4 is 16.9 Å². The Labute approximate surface area is 258 Å². The highest BCUT2D eigenvalue weighted by Crippen LogP contribution is 2.54. The number of ether oxygens (including phenoxy) is 2. The minimum absolute atomic E-state index is 0.0181. The van der Waals surface area contributed by atoms with Gasteiger partial charge >= 0.3 is 13.4 Å². The molecule has 2 bridgehead atoms. The minimum atomic E-state index is -4.37. The molecule has 7 heterocycles. The second kappa shape index (κ2) is 11.2. The molecule has 19 nitrogen and oxygen atoms in total. The van der Waals surface area contributed by atoms with Crippen LogP contribution in [0.5, 0.6) is 0 Å². The summed E-state index contributed by atoms with van der Waals surface area (Å²) >= 11 is 10.3. The van der Waals surface area contributed by atoms with Crippen LogP contribution in [0.4, 0.5) is 14.7 Å². The van der Waals surface area contributed by atoms with Gasteiger partial charge in [0.1, 0.15) is 24.4 Å². The first-order valence-corrected chi connectivity index (χ1v) is 18.0. The van der Waals surface area contributed by atoms with E-state index in [9.17, 15) is 19.4 Å². The summed E-state index contributed by atoms with van der Waals surface area (Å²) in [6, 6.07) is 0. The van der Waals surface area contributed by atoms with E-state index in [0.29, 0.717) is 0 Å². The molecule has 7 rings (SSSR count). The molecular formula is C20H21F2N9O10P2S2. The van der Waals surface area contributed by atoms with E-state index in [-0.39, 0.29) is 28.3 Å². The molecule has 0 amide bonds. The van der Waals surface area contributed by atoms with Crippen molar-refractivity contribution in [3.63, 3.8) is 0 Å². The highest BCUT2D eigenvalue weighted by Gasteiger charge is 2.53. The fourth-order valence-electron chi connectivity index (χ4n) is 5.23. The van der Waals surface area contributed by atoms with Crippen molar-refractivity contribution in [2.24, 2.45) is 0 Å². The molecule has 0 radical (unpaired) electrons. The smallest absolute Gasteiger partial charge is 0.325 e. The molecule has 3 aliphatic rings. The second-order valence-electron chi connectivity index (χ2n) is 10.0. The summed E-state index contributed by atoms with van der Waals surface area (Å²) in [7, 11) is 0. The number of hydrogen-bond donors (Lipinski definition) is 5. The summed E-state index contributed by atoms with van der Waals surface area (Å²) in [5.74, 6) is -0.265. The quantitative estimate of drug-likeness (QED) is 0.165. The molecule has 4 aromatic rings. The molecule has 6 N–H and O–H groups in total. The number of H-pyrrole nitrogens is 2. The summed E-state index contributed by atoms with van der Waals surface area (Å²) in [6.45, 7) is -10.1. The van der Waals surface area contributed by atoms with Gasteiger partial charge in [-0.3, -0.25) is 32.8 Å². The van der Waals surface area contributed by atoms with Gasteiger partial charge in [-0.25, -0.2) is 23.7 Å². The molecular weight excluding hydrogens is 690 g/mol. The number of rotatable bonds is 2. The molecule has 0 aromatic carbocycles. The number of alkyl halides is 2. The van der Waals surface area contributed by atoms with E-state index in [4.69, 9.17) is 56.9 Å². The number of nitrogens with zero attached hydrogens (tertiary/aromatic N) is 6. The molecule has 25 heteroatoms. The van der Waals surface area contributed by atoms with Gasteiger partial charge in [-0.1, -0.05) is 0 Å². The molecule has 45 heavy (non-hydrogen) atoms. The van der Waals surface area contributed by atoms with E-state index in [1.165, 1.54) is 0 Å². The third kappa shape index (κ3) is 5.55. The molecule has 4 aromatic heterocycles. The number of nitrogens with two attached hydrogens (primary N) is 1. The van der Waals surface area contributed by atoms with Crippen LogP contribution in [0.1, 0.15) is 12.5 Å². The lowest BCUT2D eigenvalue weighted by Crippen LogP contribution is -2.34. The molecule has 10 atom stereocenters. The zero-order chi connectivity index (χ0) is 31.8. The number of imidazole rings is 2. The third-order valence-electron chi connectivity index (χ3n) is 7.21. The van der Waals surface area contributed by atoms with Gasteiger partial charge in [0, 0.05) is 0 Å². The maximum atomic E-state index is 16.0. The second-order valence-corrected chi connectivity index (χ2v) is 15.6. The van der Waals surface area contributed by atoms with Gasteiger partial charge < -0.3 is 39.0 Å². The van der Waals surface area contributed by atoms with Crippen molar-refractivity contribution >= 4 is 65.3 Å². The Morgan fingerprint density at radius 2 is 1.47 bits per heavy atom. The summed E-state index contributed by atoms with van der Waals surface area (Å²) in [5.41, 5.74) is 4.04. The predicted octanol–water partition coefficient (Wildman–Crippen LogP) is -0.443. The van der Waals surface area contributed by atoms with Crippen molar-refractivity contribution in [1.29, 1.82) is 0 Å². The molecule has 0 aliphatic carbocycles. The van der Waals surface area contributed by atoms with E-state index in [1.807, 2.05) is 0 Å². The number of fused-ring (bicyclic) bond motifs is 5. The Kier molecular flexibility index (Phi) is 7.74. The molecule has 2 unspecified atom stereocenters. The van der Waals surface area contributed by atoms with Crippen molar-refractivity contribution in [3.05, 3.63) is 39.7 Å². The van der Waals surface area contributed by atoms with Gasteiger partial charge in [0.2, 0.25) is 5.95 Å². The third-order valence-corrected chi connectivity index (χ3v) is 10.3. The number of aromatic amines is 2. The minimum Gasteiger partial charge on any atom is -0.369 e. The maximum Gasteiger partial charge on any atom is 0.325 e. The number of anilines is 1. The molecule has 0 saturated carbocycles. The van der Waals surface area contributed by atoms with Gasteiger partial charge in [-0.15, -0.1) is 0 Å². The highest BCUT2D eigenvalue weighted by atomic mass is 32.5. The first kappa shape index (κ1) is 31.0. The van der Waals surface area contributed by atoms with Crippen LogP contribution in [0, 0.1) is 0 Å². The summed E-state index contributed by atoms with van der Waals surface area (Å²) in [4.78, 5) is 66.9. The number of hydrogen-bond acceptors (Lipinski definition) is 15. The van der Waals surface area contributed by atoms with Gasteiger partial charge in [-0.2, -0.15) is 4.98 Å². The zero-order valence-electron chi connectivity index (χ0n) is 22.2. The molecule has 3 aliphatic heterocycles. The normalized spacial score (nSPS) is 37.7. The van der Waals surface area contributed by atoms with E-state index >= 15 is 8.78 Å². The van der Waals surface area contributed by atoms with Crippen LogP contribution in [0.25, 0.3) is 22.3 Å². The number of nitrogen functional groups attached to an aromatic ring is 1. The van der Waals surface area contributed by atoms with E-state index in [1.54, 1.807) is 0 Å². The fourth-order valence-corrected chi connectivity index (χ4v) is 8.07. The topological polar surface area (TPSA) is 249 Å². The predicted molar refractivity (Wildman–Crippen MR) is 153 cm³/mol. The first-order chi connectivity index (χ1) is 21.3. The van der Waals surface area contributed by atoms with Crippen molar-refractivity contribution in [2.45, 2.75) is 49.2 Å². The van der Waals surface area contributed by atoms with Gasteiger partial charge in [0.15, 0.2) is 47.1 Å². The van der Waals surface area contributed by atoms with Crippen LogP contribution in [0.15, 0.2) is 28.6 Å². The fraction of sp³-hybridized carbons (Fsp3) is 0.500. The first-order valence-electron chi connectivity index (χ1n) is 12.8. The van der Waals surface area contributed by atoms with Crippen LogP contribution in [-0.4, -0.2) is 98.8 Å². The van der Waals surface area contributed by atoms with Gasteiger partial charge in [0.05, 0.1) is 32.2 Å². The summed E-state index contributed by atoms with van der Waals surface area (Å²) in [5, 5.41) is 0.